The predicted molar refractivity (Wildman–Crippen MR) is 36.8 cm³/mol. The summed E-state index contributed by atoms with van der Waals surface area (Å²) in [6.07, 6.45) is 0.486. The fraction of sp³-hybridized carbons (Fsp3) is 0.800. The van der Waals surface area contributed by atoms with Gasteiger partial charge < -0.3 is 10.5 Å². The number of nitrogens with one attached hydrogen (secondary N) is 1. The first-order valence-corrected chi connectivity index (χ1v) is 2.97. The number of carbonyl (C=O) groups is 1. The lowest BCUT2D eigenvalue weighted by molar-refractivity contribution is -0.122. The van der Waals surface area contributed by atoms with Gasteiger partial charge in [-0.3, -0.25) is 10.2 Å². The fourth-order valence-corrected chi connectivity index (χ4v) is 0.483. The number of ether oxygens (including phenoxy) is 1. The van der Waals surface area contributed by atoms with Crippen LogP contribution in [-0.2, 0) is 9.53 Å². The zero-order valence-electron chi connectivity index (χ0n) is 5.96. The van der Waals surface area contributed by atoms with Crippen LogP contribution in [0.25, 0.3) is 0 Å². The molecule has 0 aromatic heterocycles. The van der Waals surface area contributed by atoms with E-state index in [1.54, 1.807) is 7.11 Å². The van der Waals surface area contributed by atoms with Crippen molar-refractivity contribution >= 4 is 5.91 Å². The van der Waals surface area contributed by atoms with Crippen molar-refractivity contribution in [2.75, 3.05) is 13.7 Å². The Morgan fingerprint density at radius 1 is 1.80 bits per heavy atom. The van der Waals surface area contributed by atoms with Gasteiger partial charge in [0, 0.05) is 13.7 Å². The highest BCUT2D eigenvalue weighted by molar-refractivity contribution is 5.80. The van der Waals surface area contributed by atoms with Crippen molar-refractivity contribution in [2.45, 2.75) is 12.5 Å². The van der Waals surface area contributed by atoms with E-state index in [0.717, 1.165) is 0 Å². The molecule has 60 valence electrons. The number of rotatable bonds is 4. The minimum Gasteiger partial charge on any atom is -0.385 e. The average Bonchev–Trinajstić information content (AvgIpc) is 1.98. The molecule has 1 amide bonds. The highest BCUT2D eigenvalue weighted by atomic mass is 16.5. The second-order valence-corrected chi connectivity index (χ2v) is 1.90. The molecule has 0 aliphatic rings. The van der Waals surface area contributed by atoms with Crippen LogP contribution in [0, 0.1) is 0 Å². The van der Waals surface area contributed by atoms with E-state index in [9.17, 15) is 4.79 Å². The molecule has 0 saturated heterocycles. The lowest BCUT2D eigenvalue weighted by atomic mass is 10.2. The van der Waals surface area contributed by atoms with Gasteiger partial charge in [0.25, 0.3) is 5.91 Å². The van der Waals surface area contributed by atoms with E-state index >= 15 is 0 Å². The third kappa shape index (κ3) is 3.39. The van der Waals surface area contributed by atoms with Gasteiger partial charge in [-0.05, 0) is 6.42 Å². The monoisotopic (exact) mass is 147 g/mol. The molecule has 10 heavy (non-hydrogen) atoms. The minimum atomic E-state index is -0.565. The molecule has 0 spiro atoms. The van der Waals surface area contributed by atoms with Gasteiger partial charge >= 0.3 is 0 Å². The highest BCUT2D eigenvalue weighted by Gasteiger charge is 2.09. The molecule has 0 fully saturated rings. The topological polar surface area (TPSA) is 90.4 Å². The van der Waals surface area contributed by atoms with Crippen LogP contribution in [0.2, 0.25) is 0 Å². The lowest BCUT2D eigenvalue weighted by Gasteiger charge is -2.07. The summed E-state index contributed by atoms with van der Waals surface area (Å²) in [5.41, 5.74) is 7.30. The van der Waals surface area contributed by atoms with E-state index in [2.05, 4.69) is 0 Å². The third-order valence-electron chi connectivity index (χ3n) is 1.11. The summed E-state index contributed by atoms with van der Waals surface area (Å²) >= 11 is 0. The van der Waals surface area contributed by atoms with Gasteiger partial charge in [-0.2, -0.15) is 0 Å². The normalized spacial score (nSPS) is 12.7. The Kier molecular flexibility index (Phi) is 4.82. The maximum atomic E-state index is 10.6. The lowest BCUT2D eigenvalue weighted by Crippen LogP contribution is -2.44. The van der Waals surface area contributed by atoms with Crippen LogP contribution in [0.15, 0.2) is 0 Å². The maximum Gasteiger partial charge on any atom is 0.250 e. The molecule has 0 bridgehead atoms. The predicted octanol–water partition coefficient (Wildman–Crippen LogP) is -1.66. The number of hydrogen-bond acceptors (Lipinski definition) is 4. The Morgan fingerprint density at radius 3 is 2.80 bits per heavy atom. The highest BCUT2D eigenvalue weighted by Crippen LogP contribution is 1.86. The van der Waals surface area contributed by atoms with Gasteiger partial charge in [0.2, 0.25) is 0 Å². The van der Waals surface area contributed by atoms with Gasteiger partial charge in [-0.25, -0.2) is 5.84 Å². The first-order valence-electron chi connectivity index (χ1n) is 2.97. The average molecular weight is 147 g/mol. The molecule has 0 saturated carbocycles. The van der Waals surface area contributed by atoms with Gasteiger partial charge in [-0.1, -0.05) is 0 Å². The molecule has 1 atom stereocenters. The number of methoxy groups -OCH3 is 1. The molecule has 0 aromatic rings. The van der Waals surface area contributed by atoms with Crippen LogP contribution in [0.5, 0.6) is 0 Å². The van der Waals surface area contributed by atoms with Crippen molar-refractivity contribution in [2.24, 2.45) is 11.6 Å². The van der Waals surface area contributed by atoms with Crippen molar-refractivity contribution in [3.05, 3.63) is 0 Å². The standard InChI is InChI=1S/C5H13N3O2/c1-10-3-2-4(6)5(9)8-7/h4H,2-3,6-7H2,1H3,(H,8,9). The molecule has 0 rings (SSSR count). The summed E-state index contributed by atoms with van der Waals surface area (Å²) < 4.78 is 4.71. The molecular formula is C5H13N3O2. The summed E-state index contributed by atoms with van der Waals surface area (Å²) in [7, 11) is 1.55. The molecule has 0 aliphatic heterocycles. The van der Waals surface area contributed by atoms with Crippen LogP contribution >= 0.6 is 0 Å². The molecule has 0 aliphatic carbocycles. The molecule has 5 heteroatoms. The van der Waals surface area contributed by atoms with Gasteiger partial charge in [0.15, 0.2) is 0 Å². The van der Waals surface area contributed by atoms with Crippen molar-refractivity contribution in [1.82, 2.24) is 5.43 Å². The molecule has 5 N–H and O–H groups in total. The first-order chi connectivity index (χ1) is 4.72. The van der Waals surface area contributed by atoms with E-state index < -0.39 is 6.04 Å². The smallest absolute Gasteiger partial charge is 0.250 e. The molecular weight excluding hydrogens is 134 g/mol. The Labute approximate surface area is 59.7 Å². The SMILES string of the molecule is COCCC(N)C(=O)NN. The molecule has 0 radical (unpaired) electrons. The van der Waals surface area contributed by atoms with E-state index in [-0.39, 0.29) is 5.91 Å². The maximum absolute atomic E-state index is 10.6. The van der Waals surface area contributed by atoms with E-state index in [1.807, 2.05) is 5.43 Å². The van der Waals surface area contributed by atoms with Crippen LogP contribution < -0.4 is 17.0 Å². The van der Waals surface area contributed by atoms with Crippen LogP contribution in [0.3, 0.4) is 0 Å². The van der Waals surface area contributed by atoms with Gasteiger partial charge in [0.1, 0.15) is 0 Å². The van der Waals surface area contributed by atoms with Crippen LogP contribution in [-0.4, -0.2) is 25.7 Å². The summed E-state index contributed by atoms with van der Waals surface area (Å²) in [6.45, 7) is 0.467. The number of hydrazine groups is 1. The Balaban J connectivity index is 3.41. The van der Waals surface area contributed by atoms with E-state index in [1.165, 1.54) is 0 Å². The van der Waals surface area contributed by atoms with E-state index in [4.69, 9.17) is 16.3 Å². The minimum absolute atomic E-state index is 0.364. The number of hydrogen-bond donors (Lipinski definition) is 3. The van der Waals surface area contributed by atoms with Crippen molar-refractivity contribution < 1.29 is 9.53 Å². The number of nitrogens with two attached hydrogens (primary N) is 2. The largest absolute Gasteiger partial charge is 0.385 e. The summed E-state index contributed by atoms with van der Waals surface area (Å²) in [5.74, 6) is 4.46. The van der Waals surface area contributed by atoms with Gasteiger partial charge in [-0.15, -0.1) is 0 Å². The molecule has 1 unspecified atom stereocenters. The fourth-order valence-electron chi connectivity index (χ4n) is 0.483. The Hall–Kier alpha value is -0.650. The number of carbonyl (C=O) groups excluding carboxylic acids is 1. The van der Waals surface area contributed by atoms with Crippen molar-refractivity contribution in [3.8, 4) is 0 Å². The van der Waals surface area contributed by atoms with Gasteiger partial charge in [0.05, 0.1) is 6.04 Å². The third-order valence-corrected chi connectivity index (χ3v) is 1.11. The summed E-state index contributed by atoms with van der Waals surface area (Å²) in [5, 5.41) is 0. The Morgan fingerprint density at radius 2 is 2.40 bits per heavy atom. The Bertz CT molecular complexity index is 107. The quantitative estimate of drug-likeness (QED) is 0.252. The van der Waals surface area contributed by atoms with Crippen LogP contribution in [0.1, 0.15) is 6.42 Å². The molecule has 5 nitrogen and oxygen atoms in total. The number of amides is 1. The second kappa shape index (κ2) is 5.16. The summed E-state index contributed by atoms with van der Waals surface area (Å²) in [6, 6.07) is -0.565. The van der Waals surface area contributed by atoms with Crippen LogP contribution in [0.4, 0.5) is 0 Å². The van der Waals surface area contributed by atoms with Crippen molar-refractivity contribution in [3.63, 3.8) is 0 Å². The first kappa shape index (κ1) is 9.35. The zero-order valence-corrected chi connectivity index (χ0v) is 5.96. The van der Waals surface area contributed by atoms with E-state index in [0.29, 0.717) is 13.0 Å². The molecule has 0 heterocycles. The summed E-state index contributed by atoms with van der Waals surface area (Å²) in [4.78, 5) is 10.6. The van der Waals surface area contributed by atoms with Crippen molar-refractivity contribution in [1.29, 1.82) is 0 Å². The molecule has 0 aromatic carbocycles. The zero-order chi connectivity index (χ0) is 7.98. The second-order valence-electron chi connectivity index (χ2n) is 1.90.